The number of nitriles is 1. The molecule has 0 aliphatic carbocycles. The Morgan fingerprint density at radius 3 is 2.67 bits per heavy atom. The molecule has 0 radical (unpaired) electrons. The minimum Gasteiger partial charge on any atom is -0.361 e. The van der Waals surface area contributed by atoms with E-state index in [2.05, 4.69) is 11.4 Å². The number of hydrogen-bond acceptors (Lipinski definition) is 3. The van der Waals surface area contributed by atoms with Crippen molar-refractivity contribution in [2.45, 2.75) is 25.0 Å². The smallest absolute Gasteiger partial charge is 0.123 e. The van der Waals surface area contributed by atoms with E-state index in [1.807, 2.05) is 25.2 Å². The number of rotatable bonds is 5. The molecule has 5 heteroatoms. The highest BCUT2D eigenvalue weighted by molar-refractivity contribution is 8.93. The lowest BCUT2D eigenvalue weighted by Crippen LogP contribution is -2.28. The van der Waals surface area contributed by atoms with E-state index in [0.717, 1.165) is 36.1 Å². The Hall–Kier alpha value is -1.74. The van der Waals surface area contributed by atoms with Crippen molar-refractivity contribution in [3.63, 3.8) is 0 Å². The van der Waals surface area contributed by atoms with Crippen LogP contribution >= 0.6 is 17.0 Å². The predicted octanol–water partition coefficient (Wildman–Crippen LogP) is 4.05. The molecule has 1 unspecified atom stereocenters. The van der Waals surface area contributed by atoms with Crippen LogP contribution < -0.4 is 5.32 Å². The number of benzene rings is 2. The number of hydrogen-bond donors (Lipinski definition) is 1. The predicted molar refractivity (Wildman–Crippen MR) is 96.6 cm³/mol. The normalized spacial score (nSPS) is 18.5. The van der Waals surface area contributed by atoms with Crippen molar-refractivity contribution < 1.29 is 9.13 Å². The van der Waals surface area contributed by atoms with E-state index >= 15 is 0 Å². The minimum absolute atomic E-state index is 0. The zero-order valence-corrected chi connectivity index (χ0v) is 15.2. The monoisotopic (exact) mass is 390 g/mol. The molecule has 1 aliphatic heterocycles. The second-order valence-electron chi connectivity index (χ2n) is 5.81. The Kier molecular flexibility index (Phi) is 6.11. The van der Waals surface area contributed by atoms with Gasteiger partial charge in [0.2, 0.25) is 0 Å². The first-order valence-corrected chi connectivity index (χ1v) is 7.78. The van der Waals surface area contributed by atoms with Crippen molar-refractivity contribution in [1.82, 2.24) is 5.32 Å². The number of halogens is 2. The van der Waals surface area contributed by atoms with Gasteiger partial charge in [0.25, 0.3) is 0 Å². The van der Waals surface area contributed by atoms with E-state index < -0.39 is 5.60 Å². The van der Waals surface area contributed by atoms with E-state index in [-0.39, 0.29) is 22.8 Å². The third-order valence-corrected chi connectivity index (χ3v) is 4.41. The summed E-state index contributed by atoms with van der Waals surface area (Å²) in [6, 6.07) is 14.4. The maximum Gasteiger partial charge on any atom is 0.123 e. The Morgan fingerprint density at radius 1 is 1.25 bits per heavy atom. The molecule has 0 aromatic heterocycles. The molecule has 126 valence electrons. The van der Waals surface area contributed by atoms with Gasteiger partial charge in [0, 0.05) is 0 Å². The molecule has 2 aromatic rings. The summed E-state index contributed by atoms with van der Waals surface area (Å²) in [6.07, 6.45) is 1.74. The Bertz CT molecular complexity index is 742. The zero-order chi connectivity index (χ0) is 16.3. The number of fused-ring (bicyclic) bond motifs is 1. The van der Waals surface area contributed by atoms with Crippen LogP contribution in [0.2, 0.25) is 0 Å². The fraction of sp³-hybridized carbons (Fsp3) is 0.316. The van der Waals surface area contributed by atoms with Crippen LogP contribution in [0.5, 0.6) is 0 Å². The number of nitrogens with one attached hydrogen (secondary N) is 1. The summed E-state index contributed by atoms with van der Waals surface area (Å²) in [5.74, 6) is -0.253. The SMILES string of the molecule is Br.CNCCCC1(c2ccc(F)cc2)OCc2cc(C#N)ccc21. The highest BCUT2D eigenvalue weighted by Gasteiger charge is 2.41. The Balaban J connectivity index is 0.00000208. The number of nitrogens with zero attached hydrogens (tertiary/aromatic N) is 1. The van der Waals surface area contributed by atoms with Gasteiger partial charge in [0.1, 0.15) is 11.4 Å². The van der Waals surface area contributed by atoms with Crippen molar-refractivity contribution in [3.8, 4) is 6.07 Å². The lowest BCUT2D eigenvalue weighted by Gasteiger charge is -2.30. The molecule has 3 rings (SSSR count). The first-order chi connectivity index (χ1) is 11.2. The molecule has 0 saturated heterocycles. The molecule has 0 amide bonds. The summed E-state index contributed by atoms with van der Waals surface area (Å²) >= 11 is 0. The molecule has 24 heavy (non-hydrogen) atoms. The average molecular weight is 391 g/mol. The molecule has 0 spiro atoms. The summed E-state index contributed by atoms with van der Waals surface area (Å²) in [6.45, 7) is 1.36. The van der Waals surface area contributed by atoms with Crippen molar-refractivity contribution in [3.05, 3.63) is 70.5 Å². The van der Waals surface area contributed by atoms with Gasteiger partial charge >= 0.3 is 0 Å². The highest BCUT2D eigenvalue weighted by Crippen LogP contribution is 2.45. The molecular weight excluding hydrogens is 371 g/mol. The van der Waals surface area contributed by atoms with E-state index in [1.165, 1.54) is 12.1 Å². The molecule has 1 aliphatic rings. The molecule has 2 aromatic carbocycles. The van der Waals surface area contributed by atoms with E-state index in [4.69, 9.17) is 10.00 Å². The van der Waals surface area contributed by atoms with Crippen LogP contribution in [0, 0.1) is 17.1 Å². The van der Waals surface area contributed by atoms with Gasteiger partial charge in [-0.15, -0.1) is 17.0 Å². The fourth-order valence-corrected chi connectivity index (χ4v) is 3.28. The Morgan fingerprint density at radius 2 is 2.00 bits per heavy atom. The average Bonchev–Trinajstić information content (AvgIpc) is 2.95. The van der Waals surface area contributed by atoms with Gasteiger partial charge in [-0.2, -0.15) is 5.26 Å². The highest BCUT2D eigenvalue weighted by atomic mass is 79.9. The molecule has 0 saturated carbocycles. The van der Waals surface area contributed by atoms with E-state index in [1.54, 1.807) is 12.1 Å². The quantitative estimate of drug-likeness (QED) is 0.783. The van der Waals surface area contributed by atoms with E-state index in [0.29, 0.717) is 12.2 Å². The topological polar surface area (TPSA) is 45.0 Å². The molecular formula is C19H20BrFN2O. The van der Waals surface area contributed by atoms with Crippen LogP contribution in [-0.2, 0) is 16.9 Å². The second-order valence-corrected chi connectivity index (χ2v) is 5.81. The minimum atomic E-state index is -0.562. The van der Waals surface area contributed by atoms with Crippen LogP contribution in [0.3, 0.4) is 0 Å². The summed E-state index contributed by atoms with van der Waals surface area (Å²) in [7, 11) is 1.92. The molecule has 1 N–H and O–H groups in total. The molecule has 3 nitrogen and oxygen atoms in total. The van der Waals surface area contributed by atoms with Gasteiger partial charge < -0.3 is 10.1 Å². The fourth-order valence-electron chi connectivity index (χ4n) is 3.28. The molecule has 1 heterocycles. The Labute approximate surface area is 152 Å². The van der Waals surface area contributed by atoms with Crippen LogP contribution in [0.4, 0.5) is 4.39 Å². The first kappa shape index (κ1) is 18.6. The van der Waals surface area contributed by atoms with Gasteiger partial charge in [0.05, 0.1) is 18.2 Å². The van der Waals surface area contributed by atoms with Crippen LogP contribution in [0.25, 0.3) is 0 Å². The van der Waals surface area contributed by atoms with Crippen molar-refractivity contribution in [1.29, 1.82) is 5.26 Å². The maximum atomic E-state index is 13.3. The molecule has 0 fully saturated rings. The summed E-state index contributed by atoms with van der Waals surface area (Å²) in [5, 5.41) is 12.2. The zero-order valence-electron chi connectivity index (χ0n) is 13.5. The van der Waals surface area contributed by atoms with Crippen molar-refractivity contribution in [2.75, 3.05) is 13.6 Å². The third kappa shape index (κ3) is 3.36. The molecule has 0 bridgehead atoms. The van der Waals surface area contributed by atoms with Crippen molar-refractivity contribution in [2.24, 2.45) is 0 Å². The van der Waals surface area contributed by atoms with Gasteiger partial charge in [-0.3, -0.25) is 0 Å². The van der Waals surface area contributed by atoms with Gasteiger partial charge in [-0.25, -0.2) is 4.39 Å². The lowest BCUT2D eigenvalue weighted by atomic mass is 9.81. The van der Waals surface area contributed by atoms with Gasteiger partial charge in [0.15, 0.2) is 0 Å². The van der Waals surface area contributed by atoms with Gasteiger partial charge in [-0.05, 0) is 67.4 Å². The van der Waals surface area contributed by atoms with Crippen LogP contribution in [-0.4, -0.2) is 13.6 Å². The van der Waals surface area contributed by atoms with E-state index in [9.17, 15) is 4.39 Å². The molecule has 1 atom stereocenters. The number of ether oxygens (including phenoxy) is 1. The largest absolute Gasteiger partial charge is 0.361 e. The first-order valence-electron chi connectivity index (χ1n) is 7.78. The lowest BCUT2D eigenvalue weighted by molar-refractivity contribution is -0.0128. The van der Waals surface area contributed by atoms with Gasteiger partial charge in [-0.1, -0.05) is 18.2 Å². The second kappa shape index (κ2) is 7.89. The van der Waals surface area contributed by atoms with Crippen molar-refractivity contribution >= 4 is 17.0 Å². The summed E-state index contributed by atoms with van der Waals surface area (Å²) < 4.78 is 19.5. The van der Waals surface area contributed by atoms with Crippen LogP contribution in [0.15, 0.2) is 42.5 Å². The maximum absolute atomic E-state index is 13.3. The third-order valence-electron chi connectivity index (χ3n) is 4.41. The summed E-state index contributed by atoms with van der Waals surface area (Å²) in [5.41, 5.74) is 3.15. The summed E-state index contributed by atoms with van der Waals surface area (Å²) in [4.78, 5) is 0. The standard InChI is InChI=1S/C19H19FN2O.BrH/c1-22-10-2-9-19(16-4-6-17(20)7-5-16)18-8-3-14(12-21)11-15(18)13-23-19;/h3-8,11,22H,2,9-10,13H2,1H3;1H. The van der Waals surface area contributed by atoms with Crippen LogP contribution in [0.1, 0.15) is 35.1 Å².